The molecule has 4 rings (SSSR count). The maximum absolute atomic E-state index is 13.4. The molecule has 1 aromatic heterocycles. The van der Waals surface area contributed by atoms with Gasteiger partial charge in [0.2, 0.25) is 11.8 Å². The molecule has 0 bridgehead atoms. The minimum Gasteiger partial charge on any atom is -0.497 e. The van der Waals surface area contributed by atoms with Crippen LogP contribution in [0.2, 0.25) is 0 Å². The molecule has 0 unspecified atom stereocenters. The first kappa shape index (κ1) is 22.8. The maximum atomic E-state index is 13.4. The number of carbonyl (C=O) groups excluding carboxylic acids is 1. The van der Waals surface area contributed by atoms with Gasteiger partial charge >= 0.3 is 0 Å². The van der Waals surface area contributed by atoms with Crippen molar-refractivity contribution >= 4 is 5.91 Å². The molecule has 1 fully saturated rings. The summed E-state index contributed by atoms with van der Waals surface area (Å²) in [6.45, 7) is 4.39. The second-order valence-electron chi connectivity index (χ2n) is 7.74. The average Bonchev–Trinajstić information content (AvgIpc) is 3.21. The van der Waals surface area contributed by atoms with Gasteiger partial charge in [-0.3, -0.25) is 4.79 Å². The number of halogens is 1. The van der Waals surface area contributed by atoms with Crippen molar-refractivity contribution in [2.75, 3.05) is 33.4 Å². The monoisotopic (exact) mass is 453 g/mol. The van der Waals surface area contributed by atoms with Crippen molar-refractivity contribution in [3.63, 3.8) is 0 Å². The second kappa shape index (κ2) is 10.5. The summed E-state index contributed by atoms with van der Waals surface area (Å²) in [4.78, 5) is 14.6. The highest BCUT2D eigenvalue weighted by Gasteiger charge is 2.23. The highest BCUT2D eigenvalue weighted by molar-refractivity contribution is 5.76. The minimum atomic E-state index is -0.336. The molecule has 2 heterocycles. The normalized spacial score (nSPS) is 13.7. The first-order chi connectivity index (χ1) is 16.1. The van der Waals surface area contributed by atoms with Crippen LogP contribution in [0.4, 0.5) is 4.39 Å². The Hall–Kier alpha value is -3.39. The van der Waals surface area contributed by atoms with Gasteiger partial charge in [-0.25, -0.2) is 9.07 Å². The Morgan fingerprint density at radius 3 is 2.36 bits per heavy atom. The first-order valence-electron chi connectivity index (χ1n) is 11.1. The third-order valence-corrected chi connectivity index (χ3v) is 5.65. The van der Waals surface area contributed by atoms with E-state index in [0.717, 1.165) is 22.7 Å². The number of morpholine rings is 1. The number of carbonyl (C=O) groups is 1. The van der Waals surface area contributed by atoms with E-state index in [0.29, 0.717) is 57.2 Å². The molecular weight excluding hydrogens is 425 g/mol. The molecule has 1 aliphatic rings. The fourth-order valence-corrected chi connectivity index (χ4v) is 3.83. The summed E-state index contributed by atoms with van der Waals surface area (Å²) < 4.78 is 32.0. The molecule has 0 atom stereocenters. The van der Waals surface area contributed by atoms with Crippen molar-refractivity contribution in [3.05, 3.63) is 65.6 Å². The maximum Gasteiger partial charge on any atom is 0.226 e. The van der Waals surface area contributed by atoms with E-state index in [9.17, 15) is 9.18 Å². The van der Waals surface area contributed by atoms with Crippen molar-refractivity contribution < 1.29 is 23.4 Å². The number of ether oxygens (including phenoxy) is 3. The number of rotatable bonds is 8. The number of methoxy groups -OCH3 is 1. The zero-order valence-electron chi connectivity index (χ0n) is 18.9. The largest absolute Gasteiger partial charge is 0.497 e. The molecule has 33 heavy (non-hydrogen) atoms. The Bertz CT molecular complexity index is 1070. The summed E-state index contributed by atoms with van der Waals surface area (Å²) in [6, 6.07) is 13.4. The van der Waals surface area contributed by atoms with E-state index in [-0.39, 0.29) is 11.7 Å². The summed E-state index contributed by atoms with van der Waals surface area (Å²) in [7, 11) is 1.62. The van der Waals surface area contributed by atoms with Crippen molar-refractivity contribution in [3.8, 4) is 23.1 Å². The van der Waals surface area contributed by atoms with E-state index < -0.39 is 0 Å². The van der Waals surface area contributed by atoms with Crippen molar-refractivity contribution in [2.45, 2.75) is 26.2 Å². The molecule has 0 radical (unpaired) electrons. The van der Waals surface area contributed by atoms with Gasteiger partial charge < -0.3 is 19.1 Å². The first-order valence-corrected chi connectivity index (χ1v) is 11.1. The number of aryl methyl sites for hydroxylation is 1. The lowest BCUT2D eigenvalue weighted by Gasteiger charge is -2.26. The van der Waals surface area contributed by atoms with Gasteiger partial charge in [-0.2, -0.15) is 5.10 Å². The number of hydrogen-bond donors (Lipinski definition) is 0. The van der Waals surface area contributed by atoms with Crippen LogP contribution in [0.5, 0.6) is 17.4 Å². The van der Waals surface area contributed by atoms with Crippen LogP contribution >= 0.6 is 0 Å². The second-order valence-corrected chi connectivity index (χ2v) is 7.74. The number of amides is 1. The predicted octanol–water partition coefficient (Wildman–Crippen LogP) is 4.17. The predicted molar refractivity (Wildman–Crippen MR) is 122 cm³/mol. The Labute approximate surface area is 192 Å². The van der Waals surface area contributed by atoms with Gasteiger partial charge in [-0.1, -0.05) is 6.92 Å². The Balaban J connectivity index is 1.67. The zero-order valence-corrected chi connectivity index (χ0v) is 18.9. The number of benzene rings is 2. The Kier molecular flexibility index (Phi) is 7.24. The van der Waals surface area contributed by atoms with E-state index in [1.54, 1.807) is 23.9 Å². The Morgan fingerprint density at radius 1 is 1.06 bits per heavy atom. The molecule has 2 aromatic carbocycles. The smallest absolute Gasteiger partial charge is 0.226 e. The molecule has 0 N–H and O–H groups in total. The van der Waals surface area contributed by atoms with Gasteiger partial charge in [-0.15, -0.1) is 0 Å². The Morgan fingerprint density at radius 2 is 1.73 bits per heavy atom. The highest BCUT2D eigenvalue weighted by Crippen LogP contribution is 2.33. The lowest BCUT2D eigenvalue weighted by molar-refractivity contribution is -0.135. The molecule has 8 heteroatoms. The molecule has 0 spiro atoms. The quantitative estimate of drug-likeness (QED) is 0.512. The summed E-state index contributed by atoms with van der Waals surface area (Å²) in [6.07, 6.45) is 1.52. The van der Waals surface area contributed by atoms with E-state index in [1.165, 1.54) is 12.1 Å². The lowest BCUT2D eigenvalue weighted by atomic mass is 10.1. The van der Waals surface area contributed by atoms with Gasteiger partial charge in [0.25, 0.3) is 0 Å². The highest BCUT2D eigenvalue weighted by atomic mass is 19.1. The van der Waals surface area contributed by atoms with Crippen molar-refractivity contribution in [1.82, 2.24) is 14.7 Å². The molecule has 0 aliphatic carbocycles. The molecular formula is C25H28FN3O4. The summed E-state index contributed by atoms with van der Waals surface area (Å²) in [5.41, 5.74) is 2.53. The lowest BCUT2D eigenvalue weighted by Crippen LogP contribution is -2.40. The van der Waals surface area contributed by atoms with Crippen LogP contribution in [0.3, 0.4) is 0 Å². The number of nitrogens with zero attached hydrogens (tertiary/aromatic N) is 3. The molecule has 3 aromatic rings. The summed E-state index contributed by atoms with van der Waals surface area (Å²) in [5.74, 6) is 1.51. The molecule has 1 amide bonds. The van der Waals surface area contributed by atoms with Gasteiger partial charge in [0.05, 0.1) is 31.7 Å². The SMILES string of the molecule is CCc1nn(-c2ccc(OC)cc2)c(Oc2ccc(F)cc2)c1CCC(=O)N1CCOCC1. The van der Waals surface area contributed by atoms with E-state index >= 15 is 0 Å². The fourth-order valence-electron chi connectivity index (χ4n) is 3.83. The van der Waals surface area contributed by atoms with Gasteiger partial charge in [-0.05, 0) is 61.4 Å². The summed E-state index contributed by atoms with van der Waals surface area (Å²) >= 11 is 0. The van der Waals surface area contributed by atoms with Crippen LogP contribution in [-0.2, 0) is 22.4 Å². The molecule has 1 aliphatic heterocycles. The fraction of sp³-hybridized carbons (Fsp3) is 0.360. The standard InChI is InChI=1S/C25H28FN3O4/c1-3-23-22(12-13-24(30)28-14-16-32-17-15-28)25(33-21-8-4-18(26)5-9-21)29(27-23)19-6-10-20(31-2)11-7-19/h4-11H,3,12-17H2,1-2H3. The number of aromatic nitrogens is 2. The third kappa shape index (κ3) is 5.34. The average molecular weight is 454 g/mol. The van der Waals surface area contributed by atoms with Crippen LogP contribution in [0.25, 0.3) is 5.69 Å². The van der Waals surface area contributed by atoms with Gasteiger partial charge in [0, 0.05) is 25.1 Å². The van der Waals surface area contributed by atoms with E-state index in [4.69, 9.17) is 19.3 Å². The van der Waals surface area contributed by atoms with Crippen LogP contribution in [0, 0.1) is 5.82 Å². The van der Waals surface area contributed by atoms with Crippen LogP contribution in [0.1, 0.15) is 24.6 Å². The van der Waals surface area contributed by atoms with Crippen LogP contribution in [0.15, 0.2) is 48.5 Å². The van der Waals surface area contributed by atoms with Gasteiger partial charge in [0.1, 0.15) is 17.3 Å². The topological polar surface area (TPSA) is 65.8 Å². The van der Waals surface area contributed by atoms with Crippen molar-refractivity contribution in [2.24, 2.45) is 0 Å². The molecule has 0 saturated carbocycles. The number of hydrogen-bond acceptors (Lipinski definition) is 5. The third-order valence-electron chi connectivity index (χ3n) is 5.65. The summed E-state index contributed by atoms with van der Waals surface area (Å²) in [5, 5.41) is 4.79. The molecule has 1 saturated heterocycles. The van der Waals surface area contributed by atoms with Crippen molar-refractivity contribution in [1.29, 1.82) is 0 Å². The minimum absolute atomic E-state index is 0.0882. The molecule has 174 valence electrons. The van der Waals surface area contributed by atoms with E-state index in [2.05, 4.69) is 0 Å². The van der Waals surface area contributed by atoms with Crippen LogP contribution < -0.4 is 9.47 Å². The molecule has 7 nitrogen and oxygen atoms in total. The zero-order chi connectivity index (χ0) is 23.2. The van der Waals surface area contributed by atoms with Crippen LogP contribution in [-0.4, -0.2) is 54.0 Å². The van der Waals surface area contributed by atoms with Gasteiger partial charge in [0.15, 0.2) is 0 Å². The van der Waals surface area contributed by atoms with E-state index in [1.807, 2.05) is 36.1 Å².